The number of rotatable bonds is 1. The molecule has 0 aliphatic heterocycles. The molecule has 1 aromatic rings. The molecule has 0 aliphatic carbocycles. The molecule has 0 fully saturated rings. The van der Waals surface area contributed by atoms with Crippen LogP contribution in [0.25, 0.3) is 5.03 Å². The van der Waals surface area contributed by atoms with Gasteiger partial charge >= 0.3 is 0 Å². The van der Waals surface area contributed by atoms with Crippen LogP contribution < -0.4 is 0 Å². The minimum atomic E-state index is 0.441. The van der Waals surface area contributed by atoms with Gasteiger partial charge in [0.15, 0.2) is 0 Å². The number of hydrogen-bond acceptors (Lipinski definition) is 1. The fourth-order valence-electron chi connectivity index (χ4n) is 1.03. The smallest absolute Gasteiger partial charge is 0.0927 e. The number of aryl methyl sites for hydroxylation is 1. The van der Waals surface area contributed by atoms with E-state index in [1.165, 1.54) is 6.08 Å². The van der Waals surface area contributed by atoms with E-state index in [4.69, 9.17) is 28.5 Å². The fourth-order valence-corrected chi connectivity index (χ4v) is 1.52. The topological polar surface area (TPSA) is 23.8 Å². The first kappa shape index (κ1) is 10.1. The van der Waals surface area contributed by atoms with Gasteiger partial charge in [0.2, 0.25) is 0 Å². The van der Waals surface area contributed by atoms with Gasteiger partial charge in [-0.15, -0.1) is 0 Å². The molecule has 1 rings (SSSR count). The molecule has 0 N–H and O–H groups in total. The van der Waals surface area contributed by atoms with Crippen molar-refractivity contribution in [2.24, 2.45) is 0 Å². The van der Waals surface area contributed by atoms with Crippen LogP contribution in [-0.2, 0) is 0 Å². The average Bonchev–Trinajstić information content (AvgIpc) is 2.04. The Hall–Kier alpha value is -0.970. The van der Waals surface area contributed by atoms with Gasteiger partial charge in [0.1, 0.15) is 0 Å². The summed E-state index contributed by atoms with van der Waals surface area (Å²) in [5, 5.41) is 9.52. The first-order valence-corrected chi connectivity index (χ1v) is 4.42. The highest BCUT2D eigenvalue weighted by molar-refractivity contribution is 6.49. The van der Waals surface area contributed by atoms with Gasteiger partial charge in [0, 0.05) is 11.1 Å². The summed E-state index contributed by atoms with van der Waals surface area (Å²) in [6.45, 7) is 1.90. The minimum Gasteiger partial charge on any atom is -0.193 e. The first-order chi connectivity index (χ1) is 6.15. The minimum absolute atomic E-state index is 0.441. The molecule has 0 heterocycles. The summed E-state index contributed by atoms with van der Waals surface area (Å²) in [7, 11) is 0. The molecule has 3 heteroatoms. The van der Waals surface area contributed by atoms with E-state index in [0.717, 1.165) is 11.1 Å². The highest BCUT2D eigenvalue weighted by Gasteiger charge is 2.02. The van der Waals surface area contributed by atoms with Crippen LogP contribution in [0.2, 0.25) is 5.02 Å². The Morgan fingerprint density at radius 1 is 1.54 bits per heavy atom. The molecule has 0 bridgehead atoms. The standard InChI is InChI=1S/C10H7Cl2N/c1-7-6-8(11)2-3-9(7)10(12)4-5-13/h2-4,6H,1H3/b10-4-. The van der Waals surface area contributed by atoms with Crippen molar-refractivity contribution in [3.05, 3.63) is 40.4 Å². The SMILES string of the molecule is Cc1cc(Cl)ccc1/C(Cl)=C/C#N. The number of allylic oxidation sites excluding steroid dienone is 1. The van der Waals surface area contributed by atoms with Gasteiger partial charge in [0.25, 0.3) is 0 Å². The van der Waals surface area contributed by atoms with Crippen LogP contribution in [0.1, 0.15) is 11.1 Å². The van der Waals surface area contributed by atoms with Crippen molar-refractivity contribution >= 4 is 28.2 Å². The van der Waals surface area contributed by atoms with E-state index in [-0.39, 0.29) is 0 Å². The van der Waals surface area contributed by atoms with Crippen LogP contribution in [0.3, 0.4) is 0 Å². The summed E-state index contributed by atoms with van der Waals surface area (Å²) in [4.78, 5) is 0. The number of benzene rings is 1. The summed E-state index contributed by atoms with van der Waals surface area (Å²) in [6.07, 6.45) is 1.30. The van der Waals surface area contributed by atoms with Crippen molar-refractivity contribution in [1.29, 1.82) is 5.26 Å². The lowest BCUT2D eigenvalue weighted by Gasteiger charge is -2.02. The maximum Gasteiger partial charge on any atom is 0.0927 e. The molecule has 0 spiro atoms. The van der Waals surface area contributed by atoms with Crippen LogP contribution >= 0.6 is 23.2 Å². The van der Waals surface area contributed by atoms with Crippen molar-refractivity contribution < 1.29 is 0 Å². The number of nitriles is 1. The van der Waals surface area contributed by atoms with E-state index < -0.39 is 0 Å². The highest BCUT2D eigenvalue weighted by Crippen LogP contribution is 2.24. The molecule has 0 aromatic heterocycles. The third-order valence-electron chi connectivity index (χ3n) is 1.64. The molecule has 0 saturated heterocycles. The van der Waals surface area contributed by atoms with Gasteiger partial charge in [-0.25, -0.2) is 0 Å². The number of nitrogens with zero attached hydrogens (tertiary/aromatic N) is 1. The Morgan fingerprint density at radius 2 is 2.23 bits per heavy atom. The van der Waals surface area contributed by atoms with Gasteiger partial charge in [0.05, 0.1) is 11.1 Å². The molecular weight excluding hydrogens is 205 g/mol. The maximum absolute atomic E-state index is 8.41. The van der Waals surface area contributed by atoms with Gasteiger partial charge < -0.3 is 0 Å². The summed E-state index contributed by atoms with van der Waals surface area (Å²) in [6, 6.07) is 7.24. The van der Waals surface area contributed by atoms with Gasteiger partial charge in [-0.2, -0.15) is 5.26 Å². The van der Waals surface area contributed by atoms with Crippen LogP contribution in [0, 0.1) is 18.3 Å². The fraction of sp³-hybridized carbons (Fsp3) is 0.100. The number of halogens is 2. The Kier molecular flexibility index (Phi) is 3.36. The average molecular weight is 212 g/mol. The monoisotopic (exact) mass is 211 g/mol. The molecule has 66 valence electrons. The summed E-state index contributed by atoms with van der Waals surface area (Å²) < 4.78 is 0. The van der Waals surface area contributed by atoms with E-state index in [0.29, 0.717) is 10.1 Å². The van der Waals surface area contributed by atoms with Gasteiger partial charge in [-0.1, -0.05) is 29.3 Å². The molecule has 0 radical (unpaired) electrons. The van der Waals surface area contributed by atoms with Crippen LogP contribution in [-0.4, -0.2) is 0 Å². The molecule has 0 amide bonds. The van der Waals surface area contributed by atoms with Crippen molar-refractivity contribution in [1.82, 2.24) is 0 Å². The van der Waals surface area contributed by atoms with Crippen molar-refractivity contribution in [3.8, 4) is 6.07 Å². The third-order valence-corrected chi connectivity index (χ3v) is 2.18. The Morgan fingerprint density at radius 3 is 2.77 bits per heavy atom. The van der Waals surface area contributed by atoms with Crippen LogP contribution in [0.4, 0.5) is 0 Å². The van der Waals surface area contributed by atoms with E-state index in [2.05, 4.69) is 0 Å². The first-order valence-electron chi connectivity index (χ1n) is 3.67. The Bertz CT molecular complexity index is 388. The van der Waals surface area contributed by atoms with Crippen LogP contribution in [0.15, 0.2) is 24.3 Å². The molecule has 0 saturated carbocycles. The Labute approximate surface area is 87.2 Å². The van der Waals surface area contributed by atoms with E-state index in [9.17, 15) is 0 Å². The van der Waals surface area contributed by atoms with Gasteiger partial charge in [-0.3, -0.25) is 0 Å². The van der Waals surface area contributed by atoms with Crippen molar-refractivity contribution in [2.75, 3.05) is 0 Å². The largest absolute Gasteiger partial charge is 0.193 e. The molecule has 0 atom stereocenters. The lowest BCUT2D eigenvalue weighted by Crippen LogP contribution is -1.83. The van der Waals surface area contributed by atoms with E-state index in [1.807, 2.05) is 19.1 Å². The maximum atomic E-state index is 8.41. The second-order valence-electron chi connectivity index (χ2n) is 2.58. The predicted octanol–water partition coefficient (Wildman–Crippen LogP) is 3.75. The molecular formula is C10H7Cl2N. The zero-order chi connectivity index (χ0) is 9.84. The molecule has 1 nitrogen and oxygen atoms in total. The zero-order valence-corrected chi connectivity index (χ0v) is 8.52. The van der Waals surface area contributed by atoms with Crippen molar-refractivity contribution in [2.45, 2.75) is 6.92 Å². The predicted molar refractivity (Wildman–Crippen MR) is 55.6 cm³/mol. The van der Waals surface area contributed by atoms with Crippen molar-refractivity contribution in [3.63, 3.8) is 0 Å². The summed E-state index contributed by atoms with van der Waals surface area (Å²) in [5.74, 6) is 0. The summed E-state index contributed by atoms with van der Waals surface area (Å²) >= 11 is 11.6. The van der Waals surface area contributed by atoms with E-state index in [1.54, 1.807) is 12.1 Å². The number of hydrogen-bond donors (Lipinski definition) is 0. The Balaban J connectivity index is 3.18. The zero-order valence-electron chi connectivity index (χ0n) is 7.01. The lowest BCUT2D eigenvalue weighted by atomic mass is 10.1. The van der Waals surface area contributed by atoms with Gasteiger partial charge in [-0.05, 0) is 30.2 Å². The third kappa shape index (κ3) is 2.48. The second-order valence-corrected chi connectivity index (χ2v) is 3.42. The lowest BCUT2D eigenvalue weighted by molar-refractivity contribution is 1.44. The van der Waals surface area contributed by atoms with E-state index >= 15 is 0 Å². The van der Waals surface area contributed by atoms with Crippen LogP contribution in [0.5, 0.6) is 0 Å². The molecule has 1 aromatic carbocycles. The molecule has 0 unspecified atom stereocenters. The second kappa shape index (κ2) is 4.32. The normalized spacial score (nSPS) is 11.1. The molecule has 13 heavy (non-hydrogen) atoms. The quantitative estimate of drug-likeness (QED) is 0.650. The highest BCUT2D eigenvalue weighted by atomic mass is 35.5. The summed E-state index contributed by atoms with van der Waals surface area (Å²) in [5.41, 5.74) is 1.80. The molecule has 0 aliphatic rings.